The van der Waals surface area contributed by atoms with Gasteiger partial charge in [0.1, 0.15) is 5.82 Å². The second kappa shape index (κ2) is 9.64. The summed E-state index contributed by atoms with van der Waals surface area (Å²) in [7, 11) is -0.673. The Balaban J connectivity index is 2.44. The number of hydrazine groups is 1. The Bertz CT molecular complexity index is 966. The van der Waals surface area contributed by atoms with Gasteiger partial charge in [-0.25, -0.2) is 4.39 Å². The number of halogens is 1. The van der Waals surface area contributed by atoms with Crippen LogP contribution in [0.1, 0.15) is 53.4 Å². The maximum absolute atomic E-state index is 15.1. The standard InChI is InChI=1S/C23H30BFN2O4/c1-14-10-15(2)12-18(11-14)16(3)27(23(4,5)6)26-22(28)19-9-8-17(13-31-7)20(21(19)25)24(29)30/h8-12,29-30H,3,13H2,1-2,4-7H3,(H,26,28). The molecule has 2 rings (SSSR count). The molecule has 31 heavy (non-hydrogen) atoms. The van der Waals surface area contributed by atoms with Crippen molar-refractivity contribution >= 4 is 24.2 Å². The molecule has 0 saturated carbocycles. The molecule has 3 N–H and O–H groups in total. The molecule has 0 saturated heterocycles. The zero-order valence-corrected chi connectivity index (χ0v) is 18.9. The summed E-state index contributed by atoms with van der Waals surface area (Å²) in [6, 6.07) is 8.69. The van der Waals surface area contributed by atoms with Gasteiger partial charge in [0.15, 0.2) is 0 Å². The van der Waals surface area contributed by atoms with Crippen LogP contribution < -0.4 is 10.9 Å². The number of rotatable bonds is 7. The summed E-state index contributed by atoms with van der Waals surface area (Å²) in [5.74, 6) is -1.74. The predicted octanol–water partition coefficient (Wildman–Crippen LogP) is 2.68. The van der Waals surface area contributed by atoms with Gasteiger partial charge in [0, 0.05) is 12.6 Å². The minimum absolute atomic E-state index is 0.0244. The molecule has 2 aromatic carbocycles. The quantitative estimate of drug-likeness (QED) is 0.467. The second-order valence-electron chi connectivity index (χ2n) is 8.58. The molecule has 0 fully saturated rings. The van der Waals surface area contributed by atoms with Gasteiger partial charge >= 0.3 is 7.12 Å². The molecule has 0 unspecified atom stereocenters. The first-order valence-corrected chi connectivity index (χ1v) is 9.92. The summed E-state index contributed by atoms with van der Waals surface area (Å²) < 4.78 is 20.0. The van der Waals surface area contributed by atoms with E-state index in [1.807, 2.05) is 52.8 Å². The van der Waals surface area contributed by atoms with E-state index >= 15 is 4.39 Å². The molecule has 0 bridgehead atoms. The summed E-state index contributed by atoms with van der Waals surface area (Å²) in [6.45, 7) is 13.7. The molecule has 0 aliphatic rings. The number of ether oxygens (including phenoxy) is 1. The molecule has 0 radical (unpaired) electrons. The third-order valence-electron chi connectivity index (χ3n) is 4.78. The van der Waals surface area contributed by atoms with Gasteiger partial charge in [-0.2, -0.15) is 0 Å². The fraction of sp³-hybridized carbons (Fsp3) is 0.348. The number of benzene rings is 2. The normalized spacial score (nSPS) is 11.3. The van der Waals surface area contributed by atoms with Crippen molar-refractivity contribution in [3.8, 4) is 0 Å². The maximum atomic E-state index is 15.1. The molecule has 2 aromatic rings. The Hall–Kier alpha value is -2.68. The highest BCUT2D eigenvalue weighted by atomic mass is 19.1. The van der Waals surface area contributed by atoms with Gasteiger partial charge in [0.2, 0.25) is 0 Å². The van der Waals surface area contributed by atoms with Gasteiger partial charge in [0.05, 0.1) is 23.4 Å². The van der Waals surface area contributed by atoms with Crippen LogP contribution in [0.15, 0.2) is 36.9 Å². The molecule has 0 aliphatic heterocycles. The third-order valence-corrected chi connectivity index (χ3v) is 4.78. The fourth-order valence-corrected chi connectivity index (χ4v) is 3.44. The van der Waals surface area contributed by atoms with Crippen LogP contribution in [0.2, 0.25) is 0 Å². The number of hydrogen-bond acceptors (Lipinski definition) is 5. The summed E-state index contributed by atoms with van der Waals surface area (Å²) in [5.41, 5.74) is 5.19. The molecule has 1 amide bonds. The first kappa shape index (κ1) is 24.6. The second-order valence-corrected chi connectivity index (χ2v) is 8.58. The minimum atomic E-state index is -2.08. The van der Waals surface area contributed by atoms with Gasteiger partial charge < -0.3 is 14.8 Å². The first-order valence-electron chi connectivity index (χ1n) is 9.92. The van der Waals surface area contributed by atoms with Crippen molar-refractivity contribution in [2.24, 2.45) is 0 Å². The van der Waals surface area contributed by atoms with E-state index in [-0.39, 0.29) is 23.2 Å². The molecule has 0 atom stereocenters. The molecule has 0 aromatic heterocycles. The summed E-state index contributed by atoms with van der Waals surface area (Å²) >= 11 is 0. The fourth-order valence-electron chi connectivity index (χ4n) is 3.44. The number of nitrogens with one attached hydrogen (secondary N) is 1. The Morgan fingerprint density at radius 3 is 2.26 bits per heavy atom. The summed E-state index contributed by atoms with van der Waals surface area (Å²) in [6.07, 6.45) is 0. The van der Waals surface area contributed by atoms with E-state index in [1.54, 1.807) is 5.01 Å². The zero-order chi connectivity index (χ0) is 23.5. The van der Waals surface area contributed by atoms with Crippen LogP contribution in [0, 0.1) is 19.7 Å². The number of nitrogens with zero attached hydrogens (tertiary/aromatic N) is 1. The van der Waals surface area contributed by atoms with Crippen LogP contribution in [0.25, 0.3) is 5.70 Å². The van der Waals surface area contributed by atoms with E-state index in [4.69, 9.17) is 4.74 Å². The van der Waals surface area contributed by atoms with Gasteiger partial charge in [-0.1, -0.05) is 29.8 Å². The maximum Gasteiger partial charge on any atom is 0.491 e. The van der Waals surface area contributed by atoms with Gasteiger partial charge in [-0.05, 0) is 63.9 Å². The Morgan fingerprint density at radius 2 is 1.77 bits per heavy atom. The SMILES string of the molecule is C=C(c1cc(C)cc(C)c1)N(NC(=O)c1ccc(COC)c(B(O)O)c1F)C(C)(C)C. The molecule has 8 heteroatoms. The average Bonchev–Trinajstić information content (AvgIpc) is 2.63. The largest absolute Gasteiger partial charge is 0.491 e. The van der Waals surface area contributed by atoms with Gasteiger partial charge in [-0.3, -0.25) is 15.2 Å². The lowest BCUT2D eigenvalue weighted by Gasteiger charge is -2.39. The molecule has 0 aliphatic carbocycles. The number of hydrogen-bond donors (Lipinski definition) is 3. The number of carbonyl (C=O) groups excluding carboxylic acids is 1. The van der Waals surface area contributed by atoms with E-state index in [1.165, 1.54) is 19.2 Å². The van der Waals surface area contributed by atoms with Crippen molar-refractivity contribution in [2.45, 2.75) is 46.8 Å². The van der Waals surface area contributed by atoms with Crippen LogP contribution in [0.3, 0.4) is 0 Å². The monoisotopic (exact) mass is 428 g/mol. The van der Waals surface area contributed by atoms with Crippen molar-refractivity contribution in [1.29, 1.82) is 0 Å². The lowest BCUT2D eigenvalue weighted by molar-refractivity contribution is 0.0745. The van der Waals surface area contributed by atoms with Crippen LogP contribution >= 0.6 is 0 Å². The molecule has 0 heterocycles. The van der Waals surface area contributed by atoms with Crippen molar-refractivity contribution in [3.05, 3.63) is 70.5 Å². The Kier molecular flexibility index (Phi) is 7.65. The highest BCUT2D eigenvalue weighted by Gasteiger charge is 2.30. The topological polar surface area (TPSA) is 82.0 Å². The molecule has 6 nitrogen and oxygen atoms in total. The van der Waals surface area contributed by atoms with Crippen LogP contribution in [0.5, 0.6) is 0 Å². The third kappa shape index (κ3) is 5.73. The number of aryl methyl sites for hydroxylation is 2. The minimum Gasteiger partial charge on any atom is -0.423 e. The predicted molar refractivity (Wildman–Crippen MR) is 121 cm³/mol. The highest BCUT2D eigenvalue weighted by molar-refractivity contribution is 6.59. The van der Waals surface area contributed by atoms with E-state index in [9.17, 15) is 14.8 Å². The van der Waals surface area contributed by atoms with Crippen LogP contribution in [-0.4, -0.2) is 40.7 Å². The summed E-state index contributed by atoms with van der Waals surface area (Å²) in [4.78, 5) is 13.0. The van der Waals surface area contributed by atoms with Crippen molar-refractivity contribution in [3.63, 3.8) is 0 Å². The highest BCUT2D eigenvalue weighted by Crippen LogP contribution is 2.26. The average molecular weight is 428 g/mol. The molecular formula is C23H30BFN2O4. The van der Waals surface area contributed by atoms with E-state index in [0.29, 0.717) is 5.70 Å². The van der Waals surface area contributed by atoms with Crippen LogP contribution in [-0.2, 0) is 11.3 Å². The number of methoxy groups -OCH3 is 1. The van der Waals surface area contributed by atoms with Crippen molar-refractivity contribution in [1.82, 2.24) is 10.4 Å². The smallest absolute Gasteiger partial charge is 0.423 e. The van der Waals surface area contributed by atoms with E-state index < -0.39 is 24.4 Å². The van der Waals surface area contributed by atoms with E-state index in [2.05, 4.69) is 12.0 Å². The first-order chi connectivity index (χ1) is 14.4. The molecular weight excluding hydrogens is 398 g/mol. The van der Waals surface area contributed by atoms with Crippen molar-refractivity contribution in [2.75, 3.05) is 7.11 Å². The lowest BCUT2D eigenvalue weighted by Crippen LogP contribution is -2.51. The lowest BCUT2D eigenvalue weighted by atomic mass is 9.75. The van der Waals surface area contributed by atoms with Crippen LogP contribution in [0.4, 0.5) is 4.39 Å². The molecule has 0 spiro atoms. The Labute approximate surface area is 183 Å². The molecule has 166 valence electrons. The Morgan fingerprint density at radius 1 is 1.19 bits per heavy atom. The van der Waals surface area contributed by atoms with Gasteiger partial charge in [0.25, 0.3) is 5.91 Å². The number of amides is 1. The summed E-state index contributed by atoms with van der Waals surface area (Å²) in [5, 5.41) is 20.8. The van der Waals surface area contributed by atoms with Crippen molar-refractivity contribution < 1.29 is 24.0 Å². The zero-order valence-electron chi connectivity index (χ0n) is 18.9. The van der Waals surface area contributed by atoms with E-state index in [0.717, 1.165) is 16.7 Å². The number of carbonyl (C=O) groups is 1. The van der Waals surface area contributed by atoms with Gasteiger partial charge in [-0.15, -0.1) is 0 Å².